The van der Waals surface area contributed by atoms with Crippen molar-refractivity contribution in [3.63, 3.8) is 0 Å². The van der Waals surface area contributed by atoms with Crippen molar-refractivity contribution in [3.8, 4) is 39.8 Å². The Labute approximate surface area is 364 Å². The lowest BCUT2D eigenvalue weighted by Crippen LogP contribution is -2.57. The van der Waals surface area contributed by atoms with Crippen molar-refractivity contribution < 1.29 is 9.47 Å². The molecule has 0 N–H and O–H groups in total. The molecule has 4 heterocycles. The number of thiophene rings is 1. The molecule has 5 heteroatoms. The second kappa shape index (κ2) is 12.9. The van der Waals surface area contributed by atoms with Crippen LogP contribution in [0, 0.1) is 13.8 Å². The van der Waals surface area contributed by atoms with Gasteiger partial charge in [-0.3, -0.25) is 0 Å². The summed E-state index contributed by atoms with van der Waals surface area (Å²) in [7, 11) is 0. The molecule has 2 aliphatic heterocycles. The van der Waals surface area contributed by atoms with Crippen LogP contribution in [0.25, 0.3) is 58.8 Å². The number of nitrogens with zero attached hydrogens (tertiary/aromatic N) is 1. The van der Waals surface area contributed by atoms with E-state index in [0.29, 0.717) is 0 Å². The number of hydrogen-bond donors (Lipinski definition) is 0. The Hall–Kier alpha value is -5.78. The van der Waals surface area contributed by atoms with Gasteiger partial charge in [-0.25, -0.2) is 0 Å². The molecule has 0 saturated heterocycles. The van der Waals surface area contributed by atoms with E-state index in [1.165, 1.54) is 80.7 Å². The fourth-order valence-electron chi connectivity index (χ4n) is 10.0. The molecule has 0 atom stereocenters. The van der Waals surface area contributed by atoms with Crippen molar-refractivity contribution in [1.82, 2.24) is 4.57 Å². The predicted octanol–water partition coefficient (Wildman–Crippen LogP) is 14.1. The molecule has 0 fully saturated rings. The summed E-state index contributed by atoms with van der Waals surface area (Å²) in [5.41, 5.74) is 15.5. The van der Waals surface area contributed by atoms with E-state index in [-0.39, 0.29) is 23.0 Å². The minimum atomic E-state index is -0.102. The van der Waals surface area contributed by atoms with Gasteiger partial charge in [0.15, 0.2) is 0 Å². The largest absolute Gasteiger partial charge is 0.458 e. The van der Waals surface area contributed by atoms with Crippen molar-refractivity contribution in [1.29, 1.82) is 0 Å². The lowest BCUT2D eigenvalue weighted by atomic mass is 9.34. The first kappa shape index (κ1) is 38.2. The maximum atomic E-state index is 7.60. The van der Waals surface area contributed by atoms with E-state index in [9.17, 15) is 0 Å². The molecule has 2 aliphatic rings. The molecule has 0 amide bonds. The monoisotopic (exact) mass is 813 g/mol. The zero-order valence-corrected chi connectivity index (χ0v) is 38.0. The van der Waals surface area contributed by atoms with Crippen LogP contribution in [0.3, 0.4) is 0 Å². The van der Waals surface area contributed by atoms with Crippen LogP contribution < -0.4 is 25.9 Å². The first-order valence-electron chi connectivity index (χ1n) is 21.8. The second-order valence-corrected chi connectivity index (χ2v) is 21.9. The van der Waals surface area contributed by atoms with Gasteiger partial charge < -0.3 is 14.0 Å². The third-order valence-electron chi connectivity index (χ3n) is 13.2. The molecule has 61 heavy (non-hydrogen) atoms. The summed E-state index contributed by atoms with van der Waals surface area (Å²) in [6.45, 7) is 25.0. The molecule has 302 valence electrons. The topological polar surface area (TPSA) is 23.4 Å². The molecule has 7 aromatic carbocycles. The molecule has 0 bridgehead atoms. The highest BCUT2D eigenvalue weighted by atomic mass is 32.1. The molecule has 0 radical (unpaired) electrons. The Morgan fingerprint density at radius 1 is 0.492 bits per heavy atom. The fourth-order valence-corrected chi connectivity index (χ4v) is 11.2. The SMILES string of the molecule is Cc1cc(C)cc(-c2cc3c4c(c2)Oc2c(cc5sc6ccccc6c5c2-n2c5ccc(C(C)(C)C)cc5c5cc(C(C)(C)C)ccc52)B4c2cc(C(C)(C)C)ccc2O3)c1. The Balaban J connectivity index is 1.30. The highest BCUT2D eigenvalue weighted by Gasteiger charge is 2.43. The van der Waals surface area contributed by atoms with Gasteiger partial charge in [-0.2, -0.15) is 0 Å². The lowest BCUT2D eigenvalue weighted by molar-refractivity contribution is 0.464. The minimum Gasteiger partial charge on any atom is -0.458 e. The van der Waals surface area contributed by atoms with Gasteiger partial charge in [0, 0.05) is 36.4 Å². The van der Waals surface area contributed by atoms with Crippen LogP contribution in [-0.2, 0) is 16.2 Å². The summed E-state index contributed by atoms with van der Waals surface area (Å²) in [4.78, 5) is 0. The lowest BCUT2D eigenvalue weighted by Gasteiger charge is -2.35. The zero-order valence-electron chi connectivity index (χ0n) is 37.2. The fraction of sp³-hybridized carbons (Fsp3) is 0.250. The van der Waals surface area contributed by atoms with Crippen LogP contribution in [0.5, 0.6) is 23.0 Å². The Bertz CT molecular complexity index is 3250. The van der Waals surface area contributed by atoms with Crippen LogP contribution in [0.2, 0.25) is 0 Å². The van der Waals surface area contributed by atoms with Crippen molar-refractivity contribution in [2.45, 2.75) is 92.4 Å². The van der Waals surface area contributed by atoms with Gasteiger partial charge in [-0.1, -0.05) is 134 Å². The van der Waals surface area contributed by atoms with Gasteiger partial charge in [-0.15, -0.1) is 11.3 Å². The molecule has 0 saturated carbocycles. The van der Waals surface area contributed by atoms with E-state index in [2.05, 4.69) is 196 Å². The second-order valence-electron chi connectivity index (χ2n) is 20.8. The highest BCUT2D eigenvalue weighted by Crippen LogP contribution is 2.49. The number of hydrogen-bond acceptors (Lipinski definition) is 3. The maximum absolute atomic E-state index is 7.60. The van der Waals surface area contributed by atoms with E-state index >= 15 is 0 Å². The Morgan fingerprint density at radius 3 is 1.67 bits per heavy atom. The van der Waals surface area contributed by atoms with E-state index in [1.807, 2.05) is 11.3 Å². The third-order valence-corrected chi connectivity index (χ3v) is 14.3. The number of aryl methyl sites for hydroxylation is 2. The summed E-state index contributed by atoms with van der Waals surface area (Å²) in [6.07, 6.45) is 0. The molecule has 11 rings (SSSR count). The normalized spacial score (nSPS) is 13.7. The quantitative estimate of drug-likeness (QED) is 0.162. The van der Waals surface area contributed by atoms with Gasteiger partial charge in [0.2, 0.25) is 0 Å². The number of rotatable bonds is 2. The standard InChI is InChI=1S/C56H52BNO2S/c1-31-22-32(2)24-33(23-31)34-25-46-51-47(26-34)60-53-42(57(51)41-29-37(56(9,10)11)18-21-45(41)59-46)30-49-50(38-14-12-13-15-48(38)61-49)52(53)58-43-19-16-35(54(3,4)5)27-39(43)40-28-36(55(6,7)8)17-20-44(40)58/h12-30H,1-11H3. The molecule has 3 nitrogen and oxygen atoms in total. The molecular formula is C56H52BNO2S. The number of aromatic nitrogens is 1. The number of ether oxygens (including phenoxy) is 2. The molecule has 0 aliphatic carbocycles. The average Bonchev–Trinajstić information content (AvgIpc) is 3.73. The van der Waals surface area contributed by atoms with Crippen molar-refractivity contribution >= 4 is 76.4 Å². The smallest absolute Gasteiger partial charge is 0.260 e. The summed E-state index contributed by atoms with van der Waals surface area (Å²) in [5.74, 6) is 3.52. The summed E-state index contributed by atoms with van der Waals surface area (Å²) in [6, 6.07) is 43.7. The first-order chi connectivity index (χ1) is 28.9. The third kappa shape index (κ3) is 5.91. The van der Waals surface area contributed by atoms with Crippen LogP contribution in [0.4, 0.5) is 0 Å². The minimum absolute atomic E-state index is 0.00654. The van der Waals surface area contributed by atoms with Crippen LogP contribution >= 0.6 is 11.3 Å². The van der Waals surface area contributed by atoms with Crippen molar-refractivity contribution in [2.75, 3.05) is 0 Å². The highest BCUT2D eigenvalue weighted by molar-refractivity contribution is 7.26. The molecular weight excluding hydrogens is 761 g/mol. The van der Waals surface area contributed by atoms with E-state index in [4.69, 9.17) is 9.47 Å². The van der Waals surface area contributed by atoms with Crippen LogP contribution in [-0.4, -0.2) is 11.3 Å². The molecule has 9 aromatic rings. The van der Waals surface area contributed by atoms with Crippen molar-refractivity contribution in [2.24, 2.45) is 0 Å². The predicted molar refractivity (Wildman–Crippen MR) is 262 cm³/mol. The Kier molecular flexibility index (Phi) is 8.06. The summed E-state index contributed by atoms with van der Waals surface area (Å²) < 4.78 is 19.6. The molecule has 2 aromatic heterocycles. The number of fused-ring (bicyclic) bond motifs is 10. The maximum Gasteiger partial charge on any atom is 0.260 e. The van der Waals surface area contributed by atoms with E-state index in [0.717, 1.165) is 45.3 Å². The van der Waals surface area contributed by atoms with Crippen LogP contribution in [0.1, 0.15) is 90.1 Å². The first-order valence-corrected chi connectivity index (χ1v) is 22.6. The number of benzene rings is 7. The van der Waals surface area contributed by atoms with Gasteiger partial charge in [0.05, 0.1) is 16.7 Å². The summed E-state index contributed by atoms with van der Waals surface area (Å²) >= 11 is 1.88. The molecule has 0 unspecified atom stereocenters. The summed E-state index contributed by atoms with van der Waals surface area (Å²) in [5, 5.41) is 5.00. The van der Waals surface area contributed by atoms with Crippen LogP contribution in [0.15, 0.2) is 115 Å². The molecule has 0 spiro atoms. The van der Waals surface area contributed by atoms with Gasteiger partial charge in [0.1, 0.15) is 23.0 Å². The van der Waals surface area contributed by atoms with Crippen molar-refractivity contribution in [3.05, 3.63) is 143 Å². The van der Waals surface area contributed by atoms with Gasteiger partial charge in [-0.05, 0) is 123 Å². The zero-order chi connectivity index (χ0) is 42.5. The Morgan fingerprint density at radius 2 is 1.05 bits per heavy atom. The van der Waals surface area contributed by atoms with E-state index < -0.39 is 0 Å². The van der Waals surface area contributed by atoms with Gasteiger partial charge >= 0.3 is 0 Å². The average molecular weight is 814 g/mol. The van der Waals surface area contributed by atoms with E-state index in [1.54, 1.807) is 0 Å². The van der Waals surface area contributed by atoms with Gasteiger partial charge in [0.25, 0.3) is 6.71 Å².